The Hall–Kier alpha value is -3.32. The van der Waals surface area contributed by atoms with Crippen molar-refractivity contribution in [2.24, 2.45) is 0 Å². The van der Waals surface area contributed by atoms with E-state index in [2.05, 4.69) is 5.32 Å². The largest absolute Gasteiger partial charge is 0.495 e. The zero-order valence-electron chi connectivity index (χ0n) is 18.0. The van der Waals surface area contributed by atoms with Gasteiger partial charge in [-0.25, -0.2) is 8.42 Å². The van der Waals surface area contributed by atoms with Crippen molar-refractivity contribution >= 4 is 27.3 Å². The first-order valence-corrected chi connectivity index (χ1v) is 11.3. The van der Waals surface area contributed by atoms with Crippen LogP contribution in [0.15, 0.2) is 71.6 Å². The monoisotopic (exact) mass is 438 g/mol. The number of anilines is 2. The molecule has 0 bridgehead atoms. The van der Waals surface area contributed by atoms with Crippen LogP contribution in [-0.2, 0) is 14.8 Å². The fraction of sp³-hybridized carbons (Fsp3) is 0.208. The smallest absolute Gasteiger partial charge is 0.268 e. The third-order valence-corrected chi connectivity index (χ3v) is 6.59. The van der Waals surface area contributed by atoms with Crippen molar-refractivity contribution in [2.45, 2.75) is 25.7 Å². The van der Waals surface area contributed by atoms with E-state index in [1.54, 1.807) is 43.3 Å². The minimum Gasteiger partial charge on any atom is -0.495 e. The van der Waals surface area contributed by atoms with Gasteiger partial charge in [0, 0.05) is 5.69 Å². The number of ether oxygens (including phenoxy) is 1. The Morgan fingerprint density at radius 3 is 2.19 bits per heavy atom. The highest BCUT2D eigenvalue weighted by atomic mass is 32.2. The summed E-state index contributed by atoms with van der Waals surface area (Å²) in [7, 11) is -2.66. The first kappa shape index (κ1) is 22.4. The van der Waals surface area contributed by atoms with E-state index in [0.717, 1.165) is 21.0 Å². The van der Waals surface area contributed by atoms with Gasteiger partial charge in [-0.3, -0.25) is 9.10 Å². The summed E-state index contributed by atoms with van der Waals surface area (Å²) in [6.07, 6.45) is 0. The zero-order valence-corrected chi connectivity index (χ0v) is 18.9. The molecule has 1 amide bonds. The lowest BCUT2D eigenvalue weighted by Crippen LogP contribution is -2.38. The van der Waals surface area contributed by atoms with Crippen molar-refractivity contribution in [1.29, 1.82) is 0 Å². The van der Waals surface area contributed by atoms with Gasteiger partial charge in [0.25, 0.3) is 10.0 Å². The van der Waals surface area contributed by atoms with E-state index in [-0.39, 0.29) is 17.2 Å². The lowest BCUT2D eigenvalue weighted by Gasteiger charge is -2.25. The van der Waals surface area contributed by atoms with Crippen molar-refractivity contribution < 1.29 is 17.9 Å². The van der Waals surface area contributed by atoms with E-state index in [1.807, 2.05) is 44.2 Å². The first-order valence-electron chi connectivity index (χ1n) is 9.81. The molecule has 0 saturated carbocycles. The van der Waals surface area contributed by atoms with E-state index in [0.29, 0.717) is 11.4 Å². The van der Waals surface area contributed by atoms with Gasteiger partial charge in [-0.05, 0) is 68.3 Å². The zero-order chi connectivity index (χ0) is 22.6. The second-order valence-electron chi connectivity index (χ2n) is 7.42. The predicted molar refractivity (Wildman–Crippen MR) is 123 cm³/mol. The van der Waals surface area contributed by atoms with Gasteiger partial charge in [-0.1, -0.05) is 35.9 Å². The minimum atomic E-state index is -4.08. The summed E-state index contributed by atoms with van der Waals surface area (Å²) >= 11 is 0. The Morgan fingerprint density at radius 2 is 1.55 bits per heavy atom. The Bertz CT molecular complexity index is 1190. The maximum atomic E-state index is 13.7. The molecule has 31 heavy (non-hydrogen) atoms. The number of nitrogens with zero attached hydrogens (tertiary/aromatic N) is 1. The average molecular weight is 439 g/mol. The fourth-order valence-corrected chi connectivity index (χ4v) is 4.85. The lowest BCUT2D eigenvalue weighted by atomic mass is 10.2. The quantitative estimate of drug-likeness (QED) is 0.591. The van der Waals surface area contributed by atoms with Crippen molar-refractivity contribution in [3.63, 3.8) is 0 Å². The summed E-state index contributed by atoms with van der Waals surface area (Å²) in [6.45, 7) is 5.26. The maximum Gasteiger partial charge on any atom is 0.268 e. The molecule has 0 aliphatic rings. The second kappa shape index (κ2) is 9.22. The number of methoxy groups -OCH3 is 1. The molecule has 6 nitrogen and oxygen atoms in total. The molecule has 0 saturated heterocycles. The number of amides is 1. The number of carbonyl (C=O) groups is 1. The van der Waals surface area contributed by atoms with Crippen LogP contribution in [-0.4, -0.2) is 28.0 Å². The standard InChI is InChI=1S/C24H26N2O4S/c1-17-8-11-21(12-9-17)26(16-24(27)25-20-7-5-6-18(2)14-20)31(28,29)23-15-19(3)10-13-22(23)30-4/h5-15H,16H2,1-4H3,(H,25,27). The van der Waals surface area contributed by atoms with Gasteiger partial charge in [-0.15, -0.1) is 0 Å². The molecule has 0 spiro atoms. The minimum absolute atomic E-state index is 0.0129. The Labute approximate surface area is 183 Å². The van der Waals surface area contributed by atoms with Crippen LogP contribution in [0.3, 0.4) is 0 Å². The van der Waals surface area contributed by atoms with Crippen molar-refractivity contribution in [3.05, 3.63) is 83.4 Å². The number of nitrogens with one attached hydrogen (secondary N) is 1. The van der Waals surface area contributed by atoms with Crippen molar-refractivity contribution in [3.8, 4) is 5.75 Å². The molecule has 3 aromatic carbocycles. The van der Waals surface area contributed by atoms with Crippen molar-refractivity contribution in [1.82, 2.24) is 0 Å². The van der Waals surface area contributed by atoms with Gasteiger partial charge >= 0.3 is 0 Å². The van der Waals surface area contributed by atoms with Gasteiger partial charge in [0.1, 0.15) is 17.2 Å². The van der Waals surface area contributed by atoms with Crippen LogP contribution < -0.4 is 14.4 Å². The summed E-state index contributed by atoms with van der Waals surface area (Å²) in [5.41, 5.74) is 3.75. The highest BCUT2D eigenvalue weighted by molar-refractivity contribution is 7.93. The molecule has 7 heteroatoms. The summed E-state index contributed by atoms with van der Waals surface area (Å²) in [6, 6.07) is 19.3. The molecule has 3 rings (SSSR count). The van der Waals surface area contributed by atoms with Crippen LogP contribution in [0, 0.1) is 20.8 Å². The molecule has 0 unspecified atom stereocenters. The highest BCUT2D eigenvalue weighted by Crippen LogP contribution is 2.31. The van der Waals surface area contributed by atoms with Crippen LogP contribution >= 0.6 is 0 Å². The number of sulfonamides is 1. The number of benzene rings is 3. The van der Waals surface area contributed by atoms with Gasteiger partial charge in [-0.2, -0.15) is 0 Å². The van der Waals surface area contributed by atoms with Crippen LogP contribution in [0.25, 0.3) is 0 Å². The third-order valence-electron chi connectivity index (χ3n) is 4.80. The number of hydrogen-bond acceptors (Lipinski definition) is 4. The fourth-order valence-electron chi connectivity index (χ4n) is 3.18. The molecule has 0 aromatic heterocycles. The normalized spacial score (nSPS) is 11.1. The number of hydrogen-bond donors (Lipinski definition) is 1. The van der Waals surface area contributed by atoms with E-state index in [9.17, 15) is 13.2 Å². The van der Waals surface area contributed by atoms with Gasteiger partial charge in [0.05, 0.1) is 12.8 Å². The molecule has 162 valence electrons. The van der Waals surface area contributed by atoms with E-state index in [4.69, 9.17) is 4.74 Å². The number of rotatable bonds is 7. The number of carbonyl (C=O) groups excluding carboxylic acids is 1. The summed E-state index contributed by atoms with van der Waals surface area (Å²) in [5.74, 6) is -0.219. The molecule has 0 heterocycles. The molecule has 0 atom stereocenters. The molecule has 0 radical (unpaired) electrons. The number of aryl methyl sites for hydroxylation is 3. The third kappa shape index (κ3) is 5.24. The maximum absolute atomic E-state index is 13.7. The Balaban J connectivity index is 2.01. The SMILES string of the molecule is COc1ccc(C)cc1S(=O)(=O)N(CC(=O)Nc1cccc(C)c1)c1ccc(C)cc1. The summed E-state index contributed by atoms with van der Waals surface area (Å²) in [4.78, 5) is 12.8. The highest BCUT2D eigenvalue weighted by Gasteiger charge is 2.30. The van der Waals surface area contributed by atoms with E-state index in [1.165, 1.54) is 7.11 Å². The predicted octanol–water partition coefficient (Wildman–Crippen LogP) is 4.45. The average Bonchev–Trinajstić information content (AvgIpc) is 2.72. The summed E-state index contributed by atoms with van der Waals surface area (Å²) < 4.78 is 33.7. The molecular formula is C24H26N2O4S. The van der Waals surface area contributed by atoms with Crippen LogP contribution in [0.4, 0.5) is 11.4 Å². The van der Waals surface area contributed by atoms with Gasteiger partial charge in [0.15, 0.2) is 0 Å². The molecule has 3 aromatic rings. The van der Waals surface area contributed by atoms with Crippen LogP contribution in [0.1, 0.15) is 16.7 Å². The van der Waals surface area contributed by atoms with E-state index < -0.39 is 15.9 Å². The topological polar surface area (TPSA) is 75.7 Å². The molecule has 1 N–H and O–H groups in total. The van der Waals surface area contributed by atoms with E-state index >= 15 is 0 Å². The molecule has 0 aliphatic carbocycles. The van der Waals surface area contributed by atoms with Crippen molar-refractivity contribution in [2.75, 3.05) is 23.3 Å². The first-order chi connectivity index (χ1) is 14.7. The van der Waals surface area contributed by atoms with Crippen LogP contribution in [0.5, 0.6) is 5.75 Å². The van der Waals surface area contributed by atoms with Gasteiger partial charge in [0.2, 0.25) is 5.91 Å². The lowest BCUT2D eigenvalue weighted by molar-refractivity contribution is -0.114. The van der Waals surface area contributed by atoms with Crippen LogP contribution in [0.2, 0.25) is 0 Å². The molecular weight excluding hydrogens is 412 g/mol. The summed E-state index contributed by atoms with van der Waals surface area (Å²) in [5, 5.41) is 2.78. The second-order valence-corrected chi connectivity index (χ2v) is 9.25. The Kier molecular flexibility index (Phi) is 6.65. The Morgan fingerprint density at radius 1 is 0.903 bits per heavy atom. The van der Waals surface area contributed by atoms with Gasteiger partial charge < -0.3 is 10.1 Å². The molecule has 0 fully saturated rings. The molecule has 0 aliphatic heterocycles.